The average molecular weight is 211 g/mol. The molecule has 1 aromatic carbocycles. The van der Waals surface area contributed by atoms with E-state index in [1.807, 2.05) is 13.8 Å². The summed E-state index contributed by atoms with van der Waals surface area (Å²) in [4.78, 5) is 0. The lowest BCUT2D eigenvalue weighted by Gasteiger charge is -2.20. The molecule has 0 bridgehead atoms. The van der Waals surface area contributed by atoms with E-state index in [0.29, 0.717) is 11.1 Å². The van der Waals surface area contributed by atoms with E-state index in [2.05, 4.69) is 0 Å². The van der Waals surface area contributed by atoms with Crippen LogP contribution in [0.15, 0.2) is 12.1 Å². The Morgan fingerprint density at radius 3 is 2.60 bits per heavy atom. The van der Waals surface area contributed by atoms with Gasteiger partial charge in [-0.2, -0.15) is 0 Å². The predicted octanol–water partition coefficient (Wildman–Crippen LogP) is 2.89. The summed E-state index contributed by atoms with van der Waals surface area (Å²) in [5.41, 5.74) is 6.99. The standard InChI is InChI=1S/C12H18FNO/c1-4-7(2)11(14)10-6-9(13)5-8(3)12(10)15/h5-7,11,15H,4,14H2,1-3H3/t7?,11-/m1/s1. The van der Waals surface area contributed by atoms with Crippen LogP contribution in [0.2, 0.25) is 0 Å². The molecule has 0 aromatic heterocycles. The van der Waals surface area contributed by atoms with Crippen LogP contribution in [0.25, 0.3) is 0 Å². The van der Waals surface area contributed by atoms with E-state index in [0.717, 1.165) is 6.42 Å². The number of halogens is 1. The minimum atomic E-state index is -0.348. The van der Waals surface area contributed by atoms with Crippen LogP contribution >= 0.6 is 0 Å². The Labute approximate surface area is 89.9 Å². The third-order valence-electron chi connectivity index (χ3n) is 2.91. The Bertz CT molecular complexity index is 352. The highest BCUT2D eigenvalue weighted by Gasteiger charge is 2.18. The Kier molecular flexibility index (Phi) is 3.69. The zero-order chi connectivity index (χ0) is 11.6. The average Bonchev–Trinajstić information content (AvgIpc) is 2.21. The molecule has 0 aliphatic carbocycles. The number of aromatic hydroxyl groups is 1. The summed E-state index contributed by atoms with van der Waals surface area (Å²) >= 11 is 0. The lowest BCUT2D eigenvalue weighted by Crippen LogP contribution is -2.19. The Morgan fingerprint density at radius 2 is 2.07 bits per heavy atom. The molecule has 15 heavy (non-hydrogen) atoms. The van der Waals surface area contributed by atoms with Crippen molar-refractivity contribution < 1.29 is 9.50 Å². The van der Waals surface area contributed by atoms with Crippen LogP contribution in [-0.4, -0.2) is 5.11 Å². The minimum Gasteiger partial charge on any atom is -0.507 e. The van der Waals surface area contributed by atoms with Crippen molar-refractivity contribution in [2.75, 3.05) is 0 Å². The van der Waals surface area contributed by atoms with Crippen LogP contribution in [-0.2, 0) is 0 Å². The van der Waals surface area contributed by atoms with Gasteiger partial charge in [0.15, 0.2) is 0 Å². The van der Waals surface area contributed by atoms with E-state index in [1.165, 1.54) is 12.1 Å². The van der Waals surface area contributed by atoms with Crippen LogP contribution in [0, 0.1) is 18.7 Å². The van der Waals surface area contributed by atoms with Gasteiger partial charge in [-0.1, -0.05) is 20.3 Å². The fourth-order valence-corrected chi connectivity index (χ4v) is 1.58. The number of benzene rings is 1. The molecule has 0 spiro atoms. The van der Waals surface area contributed by atoms with Gasteiger partial charge in [-0.25, -0.2) is 4.39 Å². The lowest BCUT2D eigenvalue weighted by atomic mass is 9.91. The van der Waals surface area contributed by atoms with Gasteiger partial charge in [-0.15, -0.1) is 0 Å². The van der Waals surface area contributed by atoms with Gasteiger partial charge in [0.2, 0.25) is 0 Å². The number of hydrogen-bond donors (Lipinski definition) is 2. The molecule has 0 saturated heterocycles. The summed E-state index contributed by atoms with van der Waals surface area (Å²) in [7, 11) is 0. The summed E-state index contributed by atoms with van der Waals surface area (Å²) < 4.78 is 13.2. The molecule has 2 atom stereocenters. The quantitative estimate of drug-likeness (QED) is 0.807. The molecule has 1 aromatic rings. The zero-order valence-electron chi connectivity index (χ0n) is 9.42. The summed E-state index contributed by atoms with van der Waals surface area (Å²) in [6.45, 7) is 5.68. The van der Waals surface area contributed by atoms with E-state index < -0.39 is 0 Å². The number of hydrogen-bond acceptors (Lipinski definition) is 2. The van der Waals surface area contributed by atoms with E-state index in [-0.39, 0.29) is 23.5 Å². The minimum absolute atomic E-state index is 0.115. The first kappa shape index (κ1) is 12.0. The molecular weight excluding hydrogens is 193 g/mol. The van der Waals surface area contributed by atoms with Crippen LogP contribution < -0.4 is 5.73 Å². The summed E-state index contributed by atoms with van der Waals surface area (Å²) in [5.74, 6) is -0.0136. The number of nitrogens with two attached hydrogens (primary N) is 1. The Balaban J connectivity index is 3.13. The third-order valence-corrected chi connectivity index (χ3v) is 2.91. The molecule has 0 saturated carbocycles. The van der Waals surface area contributed by atoms with Crippen molar-refractivity contribution in [1.29, 1.82) is 0 Å². The molecule has 0 fully saturated rings. The van der Waals surface area contributed by atoms with Crippen LogP contribution in [0.5, 0.6) is 5.75 Å². The van der Waals surface area contributed by atoms with Gasteiger partial charge in [0, 0.05) is 11.6 Å². The number of phenolic OH excluding ortho intramolecular Hbond substituents is 1. The molecule has 0 amide bonds. The van der Waals surface area contributed by atoms with E-state index in [4.69, 9.17) is 5.73 Å². The Morgan fingerprint density at radius 1 is 1.47 bits per heavy atom. The van der Waals surface area contributed by atoms with Gasteiger partial charge in [0.25, 0.3) is 0 Å². The highest BCUT2D eigenvalue weighted by molar-refractivity contribution is 5.42. The van der Waals surface area contributed by atoms with Gasteiger partial charge in [0.1, 0.15) is 11.6 Å². The van der Waals surface area contributed by atoms with Crippen molar-refractivity contribution in [2.24, 2.45) is 11.7 Å². The maximum Gasteiger partial charge on any atom is 0.124 e. The van der Waals surface area contributed by atoms with Gasteiger partial charge < -0.3 is 10.8 Å². The first-order chi connectivity index (χ1) is 6.97. The molecule has 0 radical (unpaired) electrons. The second kappa shape index (κ2) is 4.62. The fraction of sp³-hybridized carbons (Fsp3) is 0.500. The van der Waals surface area contributed by atoms with Crippen molar-refractivity contribution in [1.82, 2.24) is 0 Å². The molecule has 0 heterocycles. The van der Waals surface area contributed by atoms with Crippen LogP contribution in [0.4, 0.5) is 4.39 Å². The SMILES string of the molecule is CCC(C)[C@@H](N)c1cc(F)cc(C)c1O. The first-order valence-electron chi connectivity index (χ1n) is 5.22. The monoisotopic (exact) mass is 211 g/mol. The van der Waals surface area contributed by atoms with Crippen LogP contribution in [0.1, 0.15) is 37.4 Å². The van der Waals surface area contributed by atoms with Crippen molar-refractivity contribution >= 4 is 0 Å². The Hall–Kier alpha value is -1.09. The second-order valence-electron chi connectivity index (χ2n) is 4.07. The fourth-order valence-electron chi connectivity index (χ4n) is 1.58. The topological polar surface area (TPSA) is 46.2 Å². The predicted molar refractivity (Wildman–Crippen MR) is 59.2 cm³/mol. The molecule has 0 aliphatic rings. The summed E-state index contributed by atoms with van der Waals surface area (Å²) in [5, 5.41) is 9.79. The molecule has 3 N–H and O–H groups in total. The number of rotatable bonds is 3. The third kappa shape index (κ3) is 2.48. The van der Waals surface area contributed by atoms with E-state index in [9.17, 15) is 9.50 Å². The van der Waals surface area contributed by atoms with Crippen molar-refractivity contribution in [3.8, 4) is 5.75 Å². The zero-order valence-corrected chi connectivity index (χ0v) is 9.42. The van der Waals surface area contributed by atoms with Gasteiger partial charge in [-0.3, -0.25) is 0 Å². The molecule has 2 nitrogen and oxygen atoms in total. The maximum absolute atomic E-state index is 13.2. The lowest BCUT2D eigenvalue weighted by molar-refractivity contribution is 0.414. The maximum atomic E-state index is 13.2. The van der Waals surface area contributed by atoms with E-state index in [1.54, 1.807) is 6.92 Å². The van der Waals surface area contributed by atoms with Gasteiger partial charge >= 0.3 is 0 Å². The molecule has 84 valence electrons. The smallest absolute Gasteiger partial charge is 0.124 e. The largest absolute Gasteiger partial charge is 0.507 e. The normalized spacial score (nSPS) is 15.0. The molecule has 1 rings (SSSR count). The first-order valence-corrected chi connectivity index (χ1v) is 5.22. The van der Waals surface area contributed by atoms with Crippen molar-refractivity contribution in [2.45, 2.75) is 33.2 Å². The number of phenols is 1. The van der Waals surface area contributed by atoms with Crippen LogP contribution in [0.3, 0.4) is 0 Å². The second-order valence-corrected chi connectivity index (χ2v) is 4.07. The van der Waals surface area contributed by atoms with E-state index >= 15 is 0 Å². The highest BCUT2D eigenvalue weighted by Crippen LogP contribution is 2.32. The molecule has 0 aliphatic heterocycles. The van der Waals surface area contributed by atoms with Gasteiger partial charge in [-0.05, 0) is 30.5 Å². The summed E-state index contributed by atoms with van der Waals surface area (Å²) in [6, 6.07) is 2.31. The molecule has 1 unspecified atom stereocenters. The number of aryl methyl sites for hydroxylation is 1. The van der Waals surface area contributed by atoms with Gasteiger partial charge in [0.05, 0.1) is 0 Å². The summed E-state index contributed by atoms with van der Waals surface area (Å²) in [6.07, 6.45) is 0.899. The highest BCUT2D eigenvalue weighted by atomic mass is 19.1. The molecule has 3 heteroatoms. The molecular formula is C12H18FNO. The van der Waals surface area contributed by atoms with Crippen molar-refractivity contribution in [3.63, 3.8) is 0 Å². The van der Waals surface area contributed by atoms with Crippen molar-refractivity contribution in [3.05, 3.63) is 29.1 Å².